The van der Waals surface area contributed by atoms with Crippen LogP contribution in [0, 0.1) is 0 Å². The molecule has 4 rings (SSSR count). The van der Waals surface area contributed by atoms with Crippen molar-refractivity contribution in [3.63, 3.8) is 0 Å². The molecule has 1 unspecified atom stereocenters. The van der Waals surface area contributed by atoms with E-state index in [9.17, 15) is 13.2 Å². The van der Waals surface area contributed by atoms with Crippen LogP contribution in [-0.2, 0) is 19.6 Å². The molecule has 0 radical (unpaired) electrons. The maximum Gasteiger partial charge on any atom is 0.244 e. The number of hydrogen-bond donors (Lipinski definition) is 1. The smallest absolute Gasteiger partial charge is 0.244 e. The number of nitrogens with one attached hydrogen (secondary N) is 1. The Morgan fingerprint density at radius 2 is 1.79 bits per heavy atom. The monoisotopic (exact) mass is 467 g/mol. The Bertz CT molecular complexity index is 1200. The Morgan fingerprint density at radius 1 is 1.09 bits per heavy atom. The first-order chi connectivity index (χ1) is 15.9. The summed E-state index contributed by atoms with van der Waals surface area (Å²) in [6.45, 7) is 3.41. The molecule has 1 amide bonds. The topological polar surface area (TPSA) is 106 Å². The van der Waals surface area contributed by atoms with Gasteiger partial charge in [0.05, 0.1) is 29.8 Å². The molecular weight excluding hydrogens is 442 g/mol. The average Bonchev–Trinajstić information content (AvgIpc) is 3.39. The van der Waals surface area contributed by atoms with Crippen LogP contribution < -0.4 is 5.32 Å². The highest BCUT2D eigenvalue weighted by Crippen LogP contribution is 2.19. The van der Waals surface area contributed by atoms with Gasteiger partial charge in [-0.2, -0.15) is 9.40 Å². The molecule has 0 spiro atoms. The predicted octanol–water partition coefficient (Wildman–Crippen LogP) is 2.18. The minimum atomic E-state index is -3.53. The highest BCUT2D eigenvalue weighted by molar-refractivity contribution is 7.89. The molecule has 0 bridgehead atoms. The van der Waals surface area contributed by atoms with Crippen molar-refractivity contribution >= 4 is 22.0 Å². The number of benzene rings is 2. The van der Waals surface area contributed by atoms with Crippen LogP contribution in [-0.4, -0.2) is 59.7 Å². The number of hydrogen-bond acceptors (Lipinski definition) is 6. The van der Waals surface area contributed by atoms with E-state index in [1.807, 2.05) is 31.2 Å². The van der Waals surface area contributed by atoms with E-state index in [1.54, 1.807) is 41.4 Å². The van der Waals surface area contributed by atoms with Gasteiger partial charge in [0.2, 0.25) is 15.9 Å². The maximum atomic E-state index is 12.7. The van der Waals surface area contributed by atoms with E-state index in [0.717, 1.165) is 16.8 Å². The second kappa shape index (κ2) is 10.1. The van der Waals surface area contributed by atoms with Gasteiger partial charge >= 0.3 is 0 Å². The number of amides is 1. The quantitative estimate of drug-likeness (QED) is 0.534. The highest BCUT2D eigenvalue weighted by atomic mass is 32.2. The van der Waals surface area contributed by atoms with Gasteiger partial charge in [-0.05, 0) is 48.4 Å². The summed E-state index contributed by atoms with van der Waals surface area (Å²) in [7, 11) is -3.53. The molecule has 1 aromatic heterocycles. The first-order valence-corrected chi connectivity index (χ1v) is 12.0. The number of sulfonamides is 1. The summed E-state index contributed by atoms with van der Waals surface area (Å²) in [6, 6.07) is 14.0. The van der Waals surface area contributed by atoms with Crippen molar-refractivity contribution in [1.29, 1.82) is 0 Å². The lowest BCUT2D eigenvalue weighted by Gasteiger charge is -2.26. The molecule has 1 saturated heterocycles. The molecule has 0 saturated carbocycles. The fourth-order valence-corrected chi connectivity index (χ4v) is 4.87. The summed E-state index contributed by atoms with van der Waals surface area (Å²) in [5.74, 6) is -0.243. The van der Waals surface area contributed by atoms with E-state index in [4.69, 9.17) is 4.74 Å². The van der Waals surface area contributed by atoms with E-state index in [1.165, 1.54) is 16.7 Å². The molecule has 2 aromatic carbocycles. The molecule has 10 heteroatoms. The molecule has 1 fully saturated rings. The van der Waals surface area contributed by atoms with Crippen LogP contribution in [0.5, 0.6) is 0 Å². The molecule has 1 aliphatic heterocycles. The number of ether oxygens (including phenoxy) is 1. The fraction of sp³-hybridized carbons (Fsp3) is 0.261. The van der Waals surface area contributed by atoms with E-state index >= 15 is 0 Å². The van der Waals surface area contributed by atoms with Crippen LogP contribution >= 0.6 is 0 Å². The lowest BCUT2D eigenvalue weighted by Crippen LogP contribution is -2.40. The normalized spacial score (nSPS) is 16.0. The lowest BCUT2D eigenvalue weighted by molar-refractivity contribution is -0.117. The van der Waals surface area contributed by atoms with E-state index in [0.29, 0.717) is 26.3 Å². The SMILES string of the molecule is CC(NC(=O)/C=C/c1ccc(S(=O)(=O)N2CCOCC2)cc1)c1ccc(-n2cncn2)cc1. The Kier molecular flexibility index (Phi) is 6.97. The number of carbonyl (C=O) groups is 1. The molecule has 33 heavy (non-hydrogen) atoms. The summed E-state index contributed by atoms with van der Waals surface area (Å²) < 4.78 is 33.7. The largest absolute Gasteiger partial charge is 0.379 e. The second-order valence-electron chi connectivity index (χ2n) is 7.58. The van der Waals surface area contributed by atoms with Crippen molar-refractivity contribution in [2.75, 3.05) is 26.3 Å². The van der Waals surface area contributed by atoms with Gasteiger partial charge in [0.15, 0.2) is 0 Å². The molecule has 3 aromatic rings. The van der Waals surface area contributed by atoms with Gasteiger partial charge in [0.25, 0.3) is 0 Å². The van der Waals surface area contributed by atoms with E-state index in [-0.39, 0.29) is 16.8 Å². The minimum Gasteiger partial charge on any atom is -0.379 e. The summed E-state index contributed by atoms with van der Waals surface area (Å²) in [4.78, 5) is 16.5. The van der Waals surface area contributed by atoms with Crippen LogP contribution in [0.25, 0.3) is 11.8 Å². The summed E-state index contributed by atoms with van der Waals surface area (Å²) in [6.07, 6.45) is 6.18. The lowest BCUT2D eigenvalue weighted by atomic mass is 10.1. The van der Waals surface area contributed by atoms with Crippen LogP contribution in [0.2, 0.25) is 0 Å². The summed E-state index contributed by atoms with van der Waals surface area (Å²) in [5, 5.41) is 7.02. The predicted molar refractivity (Wildman–Crippen MR) is 123 cm³/mol. The first kappa shape index (κ1) is 22.8. The van der Waals surface area contributed by atoms with Gasteiger partial charge in [-0.1, -0.05) is 24.3 Å². The number of morpholine rings is 1. The molecule has 1 atom stereocenters. The summed E-state index contributed by atoms with van der Waals surface area (Å²) in [5.41, 5.74) is 2.57. The highest BCUT2D eigenvalue weighted by Gasteiger charge is 2.25. The number of aromatic nitrogens is 3. The van der Waals surface area contributed by atoms with E-state index < -0.39 is 10.0 Å². The van der Waals surface area contributed by atoms with Crippen molar-refractivity contribution in [1.82, 2.24) is 24.4 Å². The second-order valence-corrected chi connectivity index (χ2v) is 9.52. The van der Waals surface area contributed by atoms with Crippen molar-refractivity contribution in [2.24, 2.45) is 0 Å². The Hall–Kier alpha value is -3.34. The molecular formula is C23H25N5O4S. The molecule has 172 valence electrons. The zero-order chi connectivity index (χ0) is 23.3. The number of carbonyl (C=O) groups excluding carboxylic acids is 1. The van der Waals surface area contributed by atoms with Crippen molar-refractivity contribution in [2.45, 2.75) is 17.9 Å². The fourth-order valence-electron chi connectivity index (χ4n) is 3.46. The molecule has 0 aliphatic carbocycles. The van der Waals surface area contributed by atoms with Crippen LogP contribution in [0.1, 0.15) is 24.1 Å². The molecule has 1 aliphatic rings. The average molecular weight is 468 g/mol. The third kappa shape index (κ3) is 5.54. The zero-order valence-electron chi connectivity index (χ0n) is 18.2. The van der Waals surface area contributed by atoms with Gasteiger partial charge in [-0.15, -0.1) is 0 Å². The van der Waals surface area contributed by atoms with Gasteiger partial charge in [0, 0.05) is 19.2 Å². The van der Waals surface area contributed by atoms with Crippen LogP contribution in [0.3, 0.4) is 0 Å². The molecule has 1 N–H and O–H groups in total. The van der Waals surface area contributed by atoms with Gasteiger partial charge in [-0.3, -0.25) is 4.79 Å². The van der Waals surface area contributed by atoms with Gasteiger partial charge in [-0.25, -0.2) is 18.1 Å². The van der Waals surface area contributed by atoms with Gasteiger partial charge < -0.3 is 10.1 Å². The Balaban J connectivity index is 1.34. The minimum absolute atomic E-state index is 0.187. The summed E-state index contributed by atoms with van der Waals surface area (Å²) >= 11 is 0. The van der Waals surface area contributed by atoms with Gasteiger partial charge in [0.1, 0.15) is 12.7 Å². The number of nitrogens with zero attached hydrogens (tertiary/aromatic N) is 4. The number of rotatable bonds is 7. The maximum absolute atomic E-state index is 12.7. The van der Waals surface area contributed by atoms with Crippen molar-refractivity contribution in [3.05, 3.63) is 78.4 Å². The van der Waals surface area contributed by atoms with Crippen molar-refractivity contribution in [3.8, 4) is 5.69 Å². The van der Waals surface area contributed by atoms with Crippen LogP contribution in [0.15, 0.2) is 72.2 Å². The standard InChI is InChI=1S/C23H25N5O4S/c1-18(20-5-7-21(8-6-20)28-17-24-16-25-28)26-23(29)11-4-19-2-9-22(10-3-19)33(30,31)27-12-14-32-15-13-27/h2-11,16-18H,12-15H2,1H3,(H,26,29)/b11-4+. The zero-order valence-corrected chi connectivity index (χ0v) is 19.0. The molecule has 2 heterocycles. The Labute approximate surface area is 192 Å². The third-order valence-electron chi connectivity index (χ3n) is 5.35. The Morgan fingerprint density at radius 3 is 2.42 bits per heavy atom. The third-order valence-corrected chi connectivity index (χ3v) is 7.26. The van der Waals surface area contributed by atoms with Crippen LogP contribution in [0.4, 0.5) is 0 Å². The molecule has 9 nitrogen and oxygen atoms in total. The van der Waals surface area contributed by atoms with Crippen molar-refractivity contribution < 1.29 is 17.9 Å². The van der Waals surface area contributed by atoms with E-state index in [2.05, 4.69) is 15.4 Å². The first-order valence-electron chi connectivity index (χ1n) is 10.5.